The highest BCUT2D eigenvalue weighted by atomic mass is 79.9. The molecule has 0 bridgehead atoms. The number of rotatable bonds is 5. The molecule has 1 heterocycles. The van der Waals surface area contributed by atoms with E-state index in [-0.39, 0.29) is 23.6 Å². The van der Waals surface area contributed by atoms with Gasteiger partial charge >= 0.3 is 0 Å². The average molecular weight is 441 g/mol. The largest absolute Gasteiger partial charge is 1.00 e. The van der Waals surface area contributed by atoms with Crippen molar-refractivity contribution >= 4 is 28.6 Å². The number of ether oxygens (including phenoxy) is 1. The summed E-state index contributed by atoms with van der Waals surface area (Å²) in [5, 5.41) is 12.2. The molecule has 7 heteroatoms. The summed E-state index contributed by atoms with van der Waals surface area (Å²) in [6, 6.07) is 15.2. The highest BCUT2D eigenvalue weighted by molar-refractivity contribution is 7.07. The van der Waals surface area contributed by atoms with Gasteiger partial charge < -0.3 is 31.4 Å². The van der Waals surface area contributed by atoms with E-state index in [0.29, 0.717) is 11.6 Å². The molecule has 0 aliphatic carbocycles. The van der Waals surface area contributed by atoms with E-state index >= 15 is 0 Å². The molecule has 0 aliphatic heterocycles. The predicted octanol–water partition coefficient (Wildman–Crippen LogP) is 1.11. The topological polar surface area (TPSA) is 46.8 Å². The van der Waals surface area contributed by atoms with Crippen LogP contribution in [0.2, 0.25) is 5.02 Å². The minimum absolute atomic E-state index is 0. The van der Waals surface area contributed by atoms with Crippen LogP contribution >= 0.6 is 22.9 Å². The average Bonchev–Trinajstić information content (AvgIpc) is 2.99. The molecule has 0 spiro atoms. The lowest BCUT2D eigenvalue weighted by Gasteiger charge is -2.07. The second-order valence-corrected chi connectivity index (χ2v) is 6.37. The van der Waals surface area contributed by atoms with Gasteiger partial charge in [-0.15, -0.1) is 11.3 Å². The minimum Gasteiger partial charge on any atom is -1.00 e. The standard InChI is InChI=1S/C18H17ClN2O2S.BrH/c1-23-16-8-6-15(7-9-16)20-18-21(10-11-22)17(12-24-18)13-2-4-14(19)5-3-13;/h2-9,12,22H,10-11H2,1H3;1H/p-1. The molecule has 0 atom stereocenters. The molecule has 3 aromatic rings. The molecule has 0 fully saturated rings. The van der Waals surface area contributed by atoms with Crippen molar-refractivity contribution in [2.24, 2.45) is 4.99 Å². The molecule has 25 heavy (non-hydrogen) atoms. The Labute approximate surface area is 165 Å². The van der Waals surface area contributed by atoms with Gasteiger partial charge in [-0.3, -0.25) is 0 Å². The number of hydrogen-bond acceptors (Lipinski definition) is 4. The van der Waals surface area contributed by atoms with Crippen molar-refractivity contribution in [2.45, 2.75) is 6.54 Å². The molecular weight excluding hydrogens is 424 g/mol. The van der Waals surface area contributed by atoms with Gasteiger partial charge in [0, 0.05) is 16.9 Å². The summed E-state index contributed by atoms with van der Waals surface area (Å²) < 4.78 is 7.18. The Morgan fingerprint density at radius 1 is 1.12 bits per heavy atom. The van der Waals surface area contributed by atoms with Gasteiger partial charge in [-0.25, -0.2) is 4.99 Å². The van der Waals surface area contributed by atoms with Crippen LogP contribution in [0.4, 0.5) is 5.69 Å². The van der Waals surface area contributed by atoms with Crippen molar-refractivity contribution in [1.82, 2.24) is 4.57 Å². The Kier molecular flexibility index (Phi) is 7.25. The van der Waals surface area contributed by atoms with Gasteiger partial charge in [-0.2, -0.15) is 0 Å². The molecule has 1 aromatic heterocycles. The van der Waals surface area contributed by atoms with Gasteiger partial charge in [0.1, 0.15) is 5.75 Å². The molecule has 0 saturated carbocycles. The van der Waals surface area contributed by atoms with Gasteiger partial charge in [-0.05, 0) is 42.0 Å². The Balaban J connectivity index is 0.00000225. The lowest BCUT2D eigenvalue weighted by molar-refractivity contribution is -0.00000611. The summed E-state index contributed by atoms with van der Waals surface area (Å²) in [6.07, 6.45) is 0. The molecule has 3 rings (SSSR count). The maximum absolute atomic E-state index is 9.42. The van der Waals surface area contributed by atoms with E-state index in [1.807, 2.05) is 58.5 Å². The normalized spacial score (nSPS) is 11.2. The number of thiazole rings is 1. The summed E-state index contributed by atoms with van der Waals surface area (Å²) in [5.41, 5.74) is 2.89. The van der Waals surface area contributed by atoms with Crippen molar-refractivity contribution in [3.05, 3.63) is 63.7 Å². The van der Waals surface area contributed by atoms with Crippen LogP contribution in [-0.2, 0) is 6.54 Å². The zero-order valence-electron chi connectivity index (χ0n) is 13.5. The van der Waals surface area contributed by atoms with Crippen molar-refractivity contribution < 1.29 is 26.8 Å². The number of nitrogens with zero attached hydrogens (tertiary/aromatic N) is 2. The lowest BCUT2D eigenvalue weighted by Crippen LogP contribution is -3.00. The highest BCUT2D eigenvalue weighted by Crippen LogP contribution is 2.23. The van der Waals surface area contributed by atoms with Crippen LogP contribution in [0, 0.1) is 0 Å². The summed E-state index contributed by atoms with van der Waals surface area (Å²) >= 11 is 7.51. The molecule has 4 nitrogen and oxygen atoms in total. The second-order valence-electron chi connectivity index (χ2n) is 5.10. The SMILES string of the molecule is COc1ccc(N=c2scc(-c3ccc(Cl)cc3)n2CCO)cc1.[Br-]. The van der Waals surface area contributed by atoms with Crippen molar-refractivity contribution in [2.75, 3.05) is 13.7 Å². The fraction of sp³-hybridized carbons (Fsp3) is 0.167. The van der Waals surface area contributed by atoms with Crippen molar-refractivity contribution in [3.8, 4) is 17.0 Å². The Bertz CT molecular complexity index is 873. The second kappa shape index (κ2) is 9.20. The molecular formula is C18H17BrClN2O2S-. The van der Waals surface area contributed by atoms with Gasteiger partial charge in [0.25, 0.3) is 0 Å². The fourth-order valence-electron chi connectivity index (χ4n) is 2.35. The van der Waals surface area contributed by atoms with Crippen LogP contribution in [0.3, 0.4) is 0 Å². The molecule has 0 saturated heterocycles. The molecule has 2 aromatic carbocycles. The van der Waals surface area contributed by atoms with E-state index in [4.69, 9.17) is 16.3 Å². The van der Waals surface area contributed by atoms with Gasteiger partial charge in [0.15, 0.2) is 4.80 Å². The van der Waals surface area contributed by atoms with Crippen LogP contribution in [0.5, 0.6) is 5.75 Å². The maximum atomic E-state index is 9.42. The van der Waals surface area contributed by atoms with E-state index in [0.717, 1.165) is 27.5 Å². The predicted molar refractivity (Wildman–Crippen MR) is 98.1 cm³/mol. The van der Waals surface area contributed by atoms with Gasteiger partial charge in [0.05, 0.1) is 25.1 Å². The van der Waals surface area contributed by atoms with E-state index in [1.165, 1.54) is 0 Å². The maximum Gasteiger partial charge on any atom is 0.190 e. The first-order chi connectivity index (χ1) is 11.7. The van der Waals surface area contributed by atoms with Crippen LogP contribution in [0.25, 0.3) is 11.3 Å². The summed E-state index contributed by atoms with van der Waals surface area (Å²) in [4.78, 5) is 5.52. The zero-order chi connectivity index (χ0) is 16.9. The fourth-order valence-corrected chi connectivity index (χ4v) is 3.43. The number of methoxy groups -OCH3 is 1. The van der Waals surface area contributed by atoms with E-state index < -0.39 is 0 Å². The molecule has 132 valence electrons. The first-order valence-corrected chi connectivity index (χ1v) is 8.71. The first-order valence-electron chi connectivity index (χ1n) is 7.45. The zero-order valence-corrected chi connectivity index (χ0v) is 16.7. The number of aliphatic hydroxyl groups is 1. The smallest absolute Gasteiger partial charge is 0.190 e. The Morgan fingerprint density at radius 3 is 2.40 bits per heavy atom. The number of hydrogen-bond donors (Lipinski definition) is 1. The van der Waals surface area contributed by atoms with Crippen LogP contribution in [-0.4, -0.2) is 23.4 Å². The molecule has 0 amide bonds. The Morgan fingerprint density at radius 2 is 1.80 bits per heavy atom. The minimum atomic E-state index is 0. The summed E-state index contributed by atoms with van der Waals surface area (Å²) in [6.45, 7) is 0.531. The van der Waals surface area contributed by atoms with Crippen molar-refractivity contribution in [3.63, 3.8) is 0 Å². The Hall–Kier alpha value is -1.60. The van der Waals surface area contributed by atoms with Crippen LogP contribution in [0.15, 0.2) is 58.9 Å². The van der Waals surface area contributed by atoms with Crippen molar-refractivity contribution in [1.29, 1.82) is 0 Å². The first kappa shape index (κ1) is 19.7. The number of benzene rings is 2. The molecule has 0 unspecified atom stereocenters. The third kappa shape index (κ3) is 4.73. The van der Waals surface area contributed by atoms with E-state index in [2.05, 4.69) is 4.99 Å². The van der Waals surface area contributed by atoms with E-state index in [9.17, 15) is 5.11 Å². The summed E-state index contributed by atoms with van der Waals surface area (Å²) in [5.74, 6) is 0.796. The molecule has 0 aliphatic rings. The number of aromatic nitrogens is 1. The van der Waals surface area contributed by atoms with Crippen LogP contribution in [0.1, 0.15) is 0 Å². The molecule has 0 radical (unpaired) electrons. The quantitative estimate of drug-likeness (QED) is 0.646. The van der Waals surface area contributed by atoms with Crippen LogP contribution < -0.4 is 26.5 Å². The summed E-state index contributed by atoms with van der Waals surface area (Å²) in [7, 11) is 1.64. The van der Waals surface area contributed by atoms with Gasteiger partial charge in [0.2, 0.25) is 0 Å². The number of halogens is 2. The third-order valence-corrected chi connectivity index (χ3v) is 4.67. The third-order valence-electron chi connectivity index (χ3n) is 3.56. The highest BCUT2D eigenvalue weighted by Gasteiger charge is 2.08. The van der Waals surface area contributed by atoms with Gasteiger partial charge in [-0.1, -0.05) is 23.7 Å². The monoisotopic (exact) mass is 439 g/mol. The number of aliphatic hydroxyl groups excluding tert-OH is 1. The van der Waals surface area contributed by atoms with E-state index in [1.54, 1.807) is 18.4 Å². The molecule has 1 N–H and O–H groups in total. The lowest BCUT2D eigenvalue weighted by atomic mass is 10.2.